The van der Waals surface area contributed by atoms with Gasteiger partial charge in [0, 0.05) is 11.4 Å². The second kappa shape index (κ2) is 4.11. The van der Waals surface area contributed by atoms with E-state index in [0.717, 1.165) is 22.6 Å². The van der Waals surface area contributed by atoms with E-state index in [4.69, 9.17) is 16.3 Å². The molecule has 1 atom stereocenters. The molecule has 1 N–H and O–H groups in total. The van der Waals surface area contributed by atoms with Crippen LogP contribution in [0.2, 0.25) is 5.02 Å². The number of ether oxygens (including phenoxy) is 1. The van der Waals surface area contributed by atoms with E-state index in [1.54, 1.807) is 0 Å². The second-order valence-corrected chi connectivity index (χ2v) is 4.04. The van der Waals surface area contributed by atoms with Gasteiger partial charge in [-0.25, -0.2) is 4.79 Å². The largest absolute Gasteiger partial charge is 0.449 e. The molecule has 1 aliphatic heterocycles. The van der Waals surface area contributed by atoms with Crippen LogP contribution in [0.15, 0.2) is 18.2 Å². The third-order valence-corrected chi connectivity index (χ3v) is 2.94. The van der Waals surface area contributed by atoms with Crippen molar-refractivity contribution < 1.29 is 9.53 Å². The highest BCUT2D eigenvalue weighted by Gasteiger charge is 2.20. The molecule has 1 saturated heterocycles. The molecule has 1 aromatic rings. The maximum absolute atomic E-state index is 11.0. The van der Waals surface area contributed by atoms with Crippen LogP contribution in [-0.4, -0.2) is 12.7 Å². The van der Waals surface area contributed by atoms with Crippen molar-refractivity contribution in [2.45, 2.75) is 19.4 Å². The normalized spacial score (nSPS) is 20.7. The highest BCUT2D eigenvalue weighted by molar-refractivity contribution is 6.31. The van der Waals surface area contributed by atoms with Gasteiger partial charge in [-0.15, -0.1) is 0 Å². The van der Waals surface area contributed by atoms with E-state index >= 15 is 0 Å². The predicted octanol–water partition coefficient (Wildman–Crippen LogP) is 2.82. The highest BCUT2D eigenvalue weighted by Crippen LogP contribution is 2.24. The number of benzene rings is 1. The Morgan fingerprint density at radius 2 is 2.33 bits per heavy atom. The van der Waals surface area contributed by atoms with E-state index in [1.165, 1.54) is 0 Å². The first-order valence-corrected chi connectivity index (χ1v) is 5.24. The van der Waals surface area contributed by atoms with Gasteiger partial charge in [0.05, 0.1) is 12.6 Å². The van der Waals surface area contributed by atoms with Gasteiger partial charge >= 0.3 is 6.09 Å². The molecule has 0 radical (unpaired) electrons. The molecule has 4 heteroatoms. The van der Waals surface area contributed by atoms with Gasteiger partial charge in [-0.05, 0) is 24.1 Å². The lowest BCUT2D eigenvalue weighted by Gasteiger charge is -2.24. The Kier molecular flexibility index (Phi) is 2.82. The minimum absolute atomic E-state index is 0.0437. The fraction of sp³-hybridized carbons (Fsp3) is 0.364. The number of rotatable bonds is 1. The molecule has 2 rings (SSSR count). The summed E-state index contributed by atoms with van der Waals surface area (Å²) in [7, 11) is 0. The molecule has 15 heavy (non-hydrogen) atoms. The number of carbonyl (C=O) groups is 1. The third kappa shape index (κ3) is 2.23. The SMILES string of the molecule is Cc1cc([C@@H]2CCOC(=O)N2)ccc1Cl. The third-order valence-electron chi connectivity index (χ3n) is 2.52. The predicted molar refractivity (Wildman–Crippen MR) is 58.0 cm³/mol. The molecular weight excluding hydrogens is 214 g/mol. The van der Waals surface area contributed by atoms with E-state index in [1.807, 2.05) is 25.1 Å². The van der Waals surface area contributed by atoms with Crippen LogP contribution in [-0.2, 0) is 4.74 Å². The second-order valence-electron chi connectivity index (χ2n) is 3.63. The summed E-state index contributed by atoms with van der Waals surface area (Å²) in [6, 6.07) is 5.83. The summed E-state index contributed by atoms with van der Waals surface area (Å²) in [4.78, 5) is 11.0. The zero-order valence-electron chi connectivity index (χ0n) is 8.42. The maximum atomic E-state index is 11.0. The molecule has 0 aliphatic carbocycles. The molecule has 1 fully saturated rings. The minimum Gasteiger partial charge on any atom is -0.449 e. The summed E-state index contributed by atoms with van der Waals surface area (Å²) in [5.74, 6) is 0. The van der Waals surface area contributed by atoms with E-state index < -0.39 is 0 Å². The van der Waals surface area contributed by atoms with Gasteiger partial charge in [0.1, 0.15) is 0 Å². The van der Waals surface area contributed by atoms with Gasteiger partial charge in [0.15, 0.2) is 0 Å². The van der Waals surface area contributed by atoms with Crippen molar-refractivity contribution in [3.63, 3.8) is 0 Å². The Hall–Kier alpha value is -1.22. The number of aryl methyl sites for hydroxylation is 1. The quantitative estimate of drug-likeness (QED) is 0.798. The van der Waals surface area contributed by atoms with Crippen LogP contribution < -0.4 is 5.32 Å². The first-order chi connectivity index (χ1) is 7.16. The van der Waals surface area contributed by atoms with Crippen LogP contribution in [0.5, 0.6) is 0 Å². The average Bonchev–Trinajstić information content (AvgIpc) is 2.22. The lowest BCUT2D eigenvalue weighted by molar-refractivity contribution is 0.115. The Labute approximate surface area is 93.4 Å². The molecule has 1 amide bonds. The summed E-state index contributed by atoms with van der Waals surface area (Å²) in [6.45, 7) is 2.42. The molecule has 0 unspecified atom stereocenters. The molecule has 3 nitrogen and oxygen atoms in total. The number of carbonyl (C=O) groups excluding carboxylic acids is 1. The molecule has 0 spiro atoms. The number of alkyl carbamates (subject to hydrolysis) is 1. The Morgan fingerprint density at radius 1 is 1.53 bits per heavy atom. The Balaban J connectivity index is 2.21. The number of amides is 1. The number of hydrogen-bond acceptors (Lipinski definition) is 2. The number of cyclic esters (lactones) is 1. The molecule has 1 heterocycles. The van der Waals surface area contributed by atoms with Crippen LogP contribution in [0.25, 0.3) is 0 Å². The van der Waals surface area contributed by atoms with E-state index in [2.05, 4.69) is 5.32 Å². The number of hydrogen-bond donors (Lipinski definition) is 1. The van der Waals surface area contributed by atoms with Crippen LogP contribution in [0, 0.1) is 6.92 Å². The Morgan fingerprint density at radius 3 is 3.00 bits per heavy atom. The summed E-state index contributed by atoms with van der Waals surface area (Å²) in [5.41, 5.74) is 2.10. The standard InChI is InChI=1S/C11H12ClNO2/c1-7-6-8(2-3-9(7)12)10-4-5-15-11(14)13-10/h2-3,6,10H,4-5H2,1H3,(H,13,14)/t10-/m0/s1. The number of halogens is 1. The molecule has 0 saturated carbocycles. The fourth-order valence-corrected chi connectivity index (χ4v) is 1.78. The fourth-order valence-electron chi connectivity index (χ4n) is 1.66. The van der Waals surface area contributed by atoms with Crippen molar-refractivity contribution in [1.82, 2.24) is 5.32 Å². The van der Waals surface area contributed by atoms with Gasteiger partial charge in [-0.2, -0.15) is 0 Å². The first kappa shape index (κ1) is 10.3. The summed E-state index contributed by atoms with van der Waals surface area (Å²) < 4.78 is 4.81. The molecule has 0 aromatic heterocycles. The number of nitrogens with one attached hydrogen (secondary N) is 1. The van der Waals surface area contributed by atoms with E-state index in [-0.39, 0.29) is 12.1 Å². The van der Waals surface area contributed by atoms with Gasteiger partial charge < -0.3 is 10.1 Å². The van der Waals surface area contributed by atoms with Crippen molar-refractivity contribution in [1.29, 1.82) is 0 Å². The van der Waals surface area contributed by atoms with Gasteiger partial charge in [-0.1, -0.05) is 23.7 Å². The zero-order valence-corrected chi connectivity index (χ0v) is 9.17. The van der Waals surface area contributed by atoms with Gasteiger partial charge in [-0.3, -0.25) is 0 Å². The monoisotopic (exact) mass is 225 g/mol. The first-order valence-electron chi connectivity index (χ1n) is 4.86. The van der Waals surface area contributed by atoms with E-state index in [9.17, 15) is 4.79 Å². The lowest BCUT2D eigenvalue weighted by atomic mass is 10.0. The maximum Gasteiger partial charge on any atom is 0.407 e. The van der Waals surface area contributed by atoms with Crippen molar-refractivity contribution in [2.24, 2.45) is 0 Å². The van der Waals surface area contributed by atoms with Gasteiger partial charge in [0.25, 0.3) is 0 Å². The highest BCUT2D eigenvalue weighted by atomic mass is 35.5. The summed E-state index contributed by atoms with van der Waals surface area (Å²) in [5, 5.41) is 3.52. The summed E-state index contributed by atoms with van der Waals surface area (Å²) in [6.07, 6.45) is 0.450. The lowest BCUT2D eigenvalue weighted by Crippen LogP contribution is -2.35. The molecule has 0 bridgehead atoms. The van der Waals surface area contributed by atoms with Crippen molar-refractivity contribution in [3.05, 3.63) is 34.3 Å². The zero-order chi connectivity index (χ0) is 10.8. The van der Waals surface area contributed by atoms with E-state index in [0.29, 0.717) is 6.61 Å². The topological polar surface area (TPSA) is 38.3 Å². The van der Waals surface area contributed by atoms with Gasteiger partial charge in [0.2, 0.25) is 0 Å². The van der Waals surface area contributed by atoms with Crippen LogP contribution in [0.3, 0.4) is 0 Å². The van der Waals surface area contributed by atoms with Crippen molar-refractivity contribution in [3.8, 4) is 0 Å². The van der Waals surface area contributed by atoms with Crippen molar-refractivity contribution in [2.75, 3.05) is 6.61 Å². The van der Waals surface area contributed by atoms with Crippen LogP contribution in [0.4, 0.5) is 4.79 Å². The van der Waals surface area contributed by atoms with Crippen LogP contribution in [0.1, 0.15) is 23.6 Å². The molecule has 1 aliphatic rings. The van der Waals surface area contributed by atoms with Crippen molar-refractivity contribution >= 4 is 17.7 Å². The molecular formula is C11H12ClNO2. The average molecular weight is 226 g/mol. The Bertz CT molecular complexity index is 392. The summed E-state index contributed by atoms with van der Waals surface area (Å²) >= 11 is 5.94. The minimum atomic E-state index is -0.348. The smallest absolute Gasteiger partial charge is 0.407 e. The molecule has 1 aromatic carbocycles. The molecule has 80 valence electrons. The van der Waals surface area contributed by atoms with Crippen LogP contribution >= 0.6 is 11.6 Å².